The van der Waals surface area contributed by atoms with Gasteiger partial charge in [-0.3, -0.25) is 4.79 Å². The number of hydrogen-bond acceptors (Lipinski definition) is 2. The third-order valence-electron chi connectivity index (χ3n) is 4.50. The summed E-state index contributed by atoms with van der Waals surface area (Å²) in [6.07, 6.45) is 2.57. The first-order valence-electron chi connectivity index (χ1n) is 7.72. The van der Waals surface area contributed by atoms with Gasteiger partial charge in [0.25, 0.3) is 0 Å². The smallest absolute Gasteiger partial charge is 0.225 e. The highest BCUT2D eigenvalue weighted by atomic mass is 32.2. The van der Waals surface area contributed by atoms with Crippen LogP contribution in [0.2, 0.25) is 0 Å². The predicted octanol–water partition coefficient (Wildman–Crippen LogP) is 5.04. The number of thioether (sulfide) groups is 1. The first kappa shape index (κ1) is 14.3. The maximum absolute atomic E-state index is 12.2. The van der Waals surface area contributed by atoms with Gasteiger partial charge in [0.05, 0.1) is 0 Å². The fourth-order valence-corrected chi connectivity index (χ4v) is 3.80. The molecule has 114 valence electrons. The van der Waals surface area contributed by atoms with Gasteiger partial charge >= 0.3 is 0 Å². The van der Waals surface area contributed by atoms with E-state index in [-0.39, 0.29) is 11.8 Å². The number of benzene rings is 3. The summed E-state index contributed by atoms with van der Waals surface area (Å²) in [5, 5.41) is 5.47. The Kier molecular flexibility index (Phi) is 3.58. The van der Waals surface area contributed by atoms with Crippen molar-refractivity contribution in [3.05, 3.63) is 71.8 Å². The second-order valence-corrected chi connectivity index (χ2v) is 6.71. The molecule has 0 saturated carbocycles. The van der Waals surface area contributed by atoms with Crippen LogP contribution in [0.4, 0.5) is 5.69 Å². The van der Waals surface area contributed by atoms with Crippen LogP contribution in [0.1, 0.15) is 23.5 Å². The Balaban J connectivity index is 1.91. The van der Waals surface area contributed by atoms with E-state index in [9.17, 15) is 4.79 Å². The van der Waals surface area contributed by atoms with Crippen molar-refractivity contribution < 1.29 is 4.79 Å². The Hall–Kier alpha value is -2.26. The lowest BCUT2D eigenvalue weighted by Gasteiger charge is -2.27. The summed E-state index contributed by atoms with van der Waals surface area (Å²) < 4.78 is 0. The van der Waals surface area contributed by atoms with Crippen LogP contribution in [-0.2, 0) is 4.79 Å². The van der Waals surface area contributed by atoms with E-state index in [1.165, 1.54) is 26.8 Å². The van der Waals surface area contributed by atoms with Gasteiger partial charge in [0.2, 0.25) is 5.91 Å². The van der Waals surface area contributed by atoms with Crippen molar-refractivity contribution in [3.8, 4) is 0 Å². The number of amides is 1. The Bertz CT molecular complexity index is 886. The average Bonchev–Trinajstić information content (AvgIpc) is 2.60. The fraction of sp³-hybridized carbons (Fsp3) is 0.150. The normalized spacial score (nSPS) is 16.9. The predicted molar refractivity (Wildman–Crippen MR) is 97.3 cm³/mol. The Morgan fingerprint density at radius 1 is 1.00 bits per heavy atom. The highest BCUT2D eigenvalue weighted by Gasteiger charge is 2.28. The minimum absolute atomic E-state index is 0.0896. The van der Waals surface area contributed by atoms with E-state index >= 15 is 0 Å². The maximum atomic E-state index is 12.2. The standard InChI is InChI=1S/C20H17NOS/c1-23-15-9-6-14(7-10-15)17-12-19(22)21-18-11-8-13-4-2-3-5-16(13)20(17)18/h2-11,17H,12H2,1H3,(H,21,22)/t17-/m1/s1. The Labute approximate surface area is 139 Å². The SMILES string of the molecule is CSc1ccc([C@H]2CC(=O)Nc3ccc4ccccc4c32)cc1. The quantitative estimate of drug-likeness (QED) is 0.671. The minimum atomic E-state index is 0.0896. The molecule has 4 rings (SSSR count). The Morgan fingerprint density at radius 3 is 2.57 bits per heavy atom. The van der Waals surface area contributed by atoms with E-state index in [0.29, 0.717) is 6.42 Å². The van der Waals surface area contributed by atoms with E-state index in [1.807, 2.05) is 6.07 Å². The third-order valence-corrected chi connectivity index (χ3v) is 5.24. The van der Waals surface area contributed by atoms with Crippen LogP contribution in [-0.4, -0.2) is 12.2 Å². The first-order valence-corrected chi connectivity index (χ1v) is 8.94. The zero-order chi connectivity index (χ0) is 15.8. The molecule has 0 unspecified atom stereocenters. The van der Waals surface area contributed by atoms with E-state index in [4.69, 9.17) is 0 Å². The van der Waals surface area contributed by atoms with Crippen LogP contribution in [0.3, 0.4) is 0 Å². The summed E-state index contributed by atoms with van der Waals surface area (Å²) in [7, 11) is 0. The van der Waals surface area contributed by atoms with Crippen LogP contribution in [0, 0.1) is 0 Å². The molecule has 3 aromatic rings. The summed E-state index contributed by atoms with van der Waals surface area (Å²) in [6, 6.07) is 21.1. The lowest BCUT2D eigenvalue weighted by atomic mass is 9.82. The molecule has 0 aliphatic carbocycles. The summed E-state index contributed by atoms with van der Waals surface area (Å²) in [6.45, 7) is 0. The fourth-order valence-electron chi connectivity index (χ4n) is 3.39. The zero-order valence-electron chi connectivity index (χ0n) is 12.9. The van der Waals surface area contributed by atoms with Crippen LogP contribution in [0.5, 0.6) is 0 Å². The number of rotatable bonds is 2. The molecule has 1 heterocycles. The molecule has 2 nitrogen and oxygen atoms in total. The van der Waals surface area contributed by atoms with Gasteiger partial charge in [0, 0.05) is 22.9 Å². The number of fused-ring (bicyclic) bond motifs is 3. The second kappa shape index (κ2) is 5.74. The van der Waals surface area contributed by atoms with E-state index in [0.717, 1.165) is 5.69 Å². The van der Waals surface area contributed by atoms with Crippen LogP contribution < -0.4 is 5.32 Å². The van der Waals surface area contributed by atoms with Gasteiger partial charge in [-0.1, -0.05) is 42.5 Å². The van der Waals surface area contributed by atoms with Gasteiger partial charge in [-0.05, 0) is 46.4 Å². The van der Waals surface area contributed by atoms with E-state index < -0.39 is 0 Å². The van der Waals surface area contributed by atoms with Crippen molar-refractivity contribution in [2.24, 2.45) is 0 Å². The molecule has 1 atom stereocenters. The molecule has 3 heteroatoms. The molecule has 23 heavy (non-hydrogen) atoms. The third kappa shape index (κ3) is 2.51. The summed E-state index contributed by atoms with van der Waals surface area (Å²) in [5.41, 5.74) is 3.38. The number of anilines is 1. The van der Waals surface area contributed by atoms with Crippen molar-refractivity contribution in [2.45, 2.75) is 17.2 Å². The van der Waals surface area contributed by atoms with Gasteiger partial charge in [0.15, 0.2) is 0 Å². The number of nitrogens with one attached hydrogen (secondary N) is 1. The van der Waals surface area contributed by atoms with Gasteiger partial charge in [0.1, 0.15) is 0 Å². The van der Waals surface area contributed by atoms with Crippen molar-refractivity contribution in [1.29, 1.82) is 0 Å². The van der Waals surface area contributed by atoms with Crippen molar-refractivity contribution in [2.75, 3.05) is 11.6 Å². The van der Waals surface area contributed by atoms with Gasteiger partial charge in [-0.2, -0.15) is 0 Å². The monoisotopic (exact) mass is 319 g/mol. The molecule has 1 aliphatic heterocycles. The molecule has 1 aliphatic rings. The van der Waals surface area contributed by atoms with Crippen LogP contribution >= 0.6 is 11.8 Å². The number of hydrogen-bond donors (Lipinski definition) is 1. The molecule has 0 fully saturated rings. The van der Waals surface area contributed by atoms with E-state index in [2.05, 4.69) is 66.2 Å². The minimum Gasteiger partial charge on any atom is -0.326 e. The highest BCUT2D eigenvalue weighted by Crippen LogP contribution is 2.41. The molecule has 0 bridgehead atoms. The topological polar surface area (TPSA) is 29.1 Å². The summed E-state index contributed by atoms with van der Waals surface area (Å²) >= 11 is 1.73. The number of carbonyl (C=O) groups excluding carboxylic acids is 1. The lowest BCUT2D eigenvalue weighted by molar-refractivity contribution is -0.116. The molecule has 0 radical (unpaired) electrons. The molecule has 0 aromatic heterocycles. The summed E-state index contributed by atoms with van der Waals surface area (Å²) in [4.78, 5) is 13.4. The molecule has 0 saturated heterocycles. The van der Waals surface area contributed by atoms with Gasteiger partial charge in [-0.25, -0.2) is 0 Å². The average molecular weight is 319 g/mol. The Morgan fingerprint density at radius 2 is 1.78 bits per heavy atom. The van der Waals surface area contributed by atoms with Gasteiger partial charge < -0.3 is 5.32 Å². The molecule has 3 aromatic carbocycles. The van der Waals surface area contributed by atoms with Crippen LogP contribution in [0.15, 0.2) is 65.6 Å². The maximum Gasteiger partial charge on any atom is 0.225 e. The second-order valence-electron chi connectivity index (χ2n) is 5.83. The van der Waals surface area contributed by atoms with Crippen molar-refractivity contribution >= 4 is 34.1 Å². The molecular weight excluding hydrogens is 302 g/mol. The lowest BCUT2D eigenvalue weighted by Crippen LogP contribution is -2.23. The largest absolute Gasteiger partial charge is 0.326 e. The van der Waals surface area contributed by atoms with Gasteiger partial charge in [-0.15, -0.1) is 11.8 Å². The molecule has 1 N–H and O–H groups in total. The highest BCUT2D eigenvalue weighted by molar-refractivity contribution is 7.98. The first-order chi connectivity index (χ1) is 11.3. The van der Waals surface area contributed by atoms with Crippen molar-refractivity contribution in [1.82, 2.24) is 0 Å². The van der Waals surface area contributed by atoms with Crippen molar-refractivity contribution in [3.63, 3.8) is 0 Å². The molecule has 0 spiro atoms. The van der Waals surface area contributed by atoms with E-state index in [1.54, 1.807) is 11.8 Å². The molecular formula is C20H17NOS. The van der Waals surface area contributed by atoms with Crippen LogP contribution in [0.25, 0.3) is 10.8 Å². The number of carbonyl (C=O) groups is 1. The zero-order valence-corrected chi connectivity index (χ0v) is 13.7. The summed E-state index contributed by atoms with van der Waals surface area (Å²) in [5.74, 6) is 0.201. The molecule has 1 amide bonds.